The number of aromatic nitrogens is 1. The second kappa shape index (κ2) is 9.09. The van der Waals surface area contributed by atoms with Crippen molar-refractivity contribution in [3.63, 3.8) is 0 Å². The number of carbonyl (C=O) groups excluding carboxylic acids is 1. The minimum Gasteiger partial charge on any atom is -0.369 e. The van der Waals surface area contributed by atoms with Crippen molar-refractivity contribution in [2.75, 3.05) is 29.5 Å². The first-order valence-corrected chi connectivity index (χ1v) is 14.9. The van der Waals surface area contributed by atoms with Crippen molar-refractivity contribution in [2.24, 2.45) is 11.3 Å². The van der Waals surface area contributed by atoms with E-state index in [0.717, 1.165) is 60.5 Å². The lowest BCUT2D eigenvalue weighted by atomic mass is 9.73. The topological polar surface area (TPSA) is 91.1 Å². The summed E-state index contributed by atoms with van der Waals surface area (Å²) in [7, 11) is -2.91. The summed E-state index contributed by atoms with van der Waals surface area (Å²) in [6, 6.07) is 10.6. The molecule has 8 heteroatoms. The smallest absolute Gasteiger partial charge is 0.153 e. The van der Waals surface area contributed by atoms with E-state index in [2.05, 4.69) is 35.2 Å². The molecule has 0 radical (unpaired) electrons. The Morgan fingerprint density at radius 2 is 1.85 bits per heavy atom. The molecule has 3 fully saturated rings. The Kier molecular flexibility index (Phi) is 6.28. The molecule has 2 aliphatic carbocycles. The Morgan fingerprint density at radius 3 is 2.50 bits per heavy atom. The minimum absolute atomic E-state index is 0.0206. The van der Waals surface area contributed by atoms with Gasteiger partial charge >= 0.3 is 0 Å². The Balaban J connectivity index is 1.38. The van der Waals surface area contributed by atoms with Gasteiger partial charge in [-0.25, -0.2) is 13.4 Å². The average molecular weight is 498 g/mol. The summed E-state index contributed by atoms with van der Waals surface area (Å²) in [6.45, 7) is 3.08. The van der Waals surface area contributed by atoms with E-state index < -0.39 is 15.3 Å². The van der Waals surface area contributed by atoms with Gasteiger partial charge in [0.15, 0.2) is 9.84 Å². The van der Waals surface area contributed by atoms with Crippen LogP contribution in [0.5, 0.6) is 0 Å². The molecule has 0 amide bonds. The molecule has 0 bridgehead atoms. The quantitative estimate of drug-likeness (QED) is 0.564. The van der Waals surface area contributed by atoms with Crippen LogP contribution in [0.3, 0.4) is 0 Å². The van der Waals surface area contributed by atoms with E-state index in [1.807, 2.05) is 6.92 Å². The van der Waals surface area contributed by atoms with Crippen molar-refractivity contribution in [2.45, 2.75) is 57.8 Å². The molecule has 0 N–H and O–H groups in total. The van der Waals surface area contributed by atoms with E-state index in [-0.39, 0.29) is 29.1 Å². The number of rotatable bonds is 6. The summed E-state index contributed by atoms with van der Waals surface area (Å²) in [5.74, 6) is 0.816. The zero-order chi connectivity index (χ0) is 23.9. The maximum Gasteiger partial charge on any atom is 0.153 e. The number of sulfone groups is 1. The first kappa shape index (κ1) is 23.5. The molecule has 2 aromatic rings. The third-order valence-corrected chi connectivity index (χ3v) is 10.4. The first-order chi connectivity index (χ1) is 16.3. The molecule has 1 aromatic carbocycles. The Hall–Kier alpha value is -2.24. The summed E-state index contributed by atoms with van der Waals surface area (Å²) < 4.78 is 23.5. The summed E-state index contributed by atoms with van der Waals surface area (Å²) in [4.78, 5) is 21.5. The van der Waals surface area contributed by atoms with Gasteiger partial charge in [-0.1, -0.05) is 25.0 Å². The summed E-state index contributed by atoms with van der Waals surface area (Å²) in [5, 5.41) is 10.5. The minimum atomic E-state index is -2.91. The molecule has 2 atom stereocenters. The van der Waals surface area contributed by atoms with Crippen molar-refractivity contribution in [1.29, 1.82) is 5.26 Å². The molecule has 0 spiro atoms. The number of nitriles is 1. The number of anilines is 1. The fourth-order valence-electron chi connectivity index (χ4n) is 5.48. The lowest BCUT2D eigenvalue weighted by Gasteiger charge is -2.31. The van der Waals surface area contributed by atoms with Crippen LogP contribution in [0, 0.1) is 29.6 Å². The highest BCUT2D eigenvalue weighted by molar-refractivity contribution is 7.91. The van der Waals surface area contributed by atoms with Crippen molar-refractivity contribution in [1.82, 2.24) is 4.98 Å². The van der Waals surface area contributed by atoms with Gasteiger partial charge < -0.3 is 4.90 Å². The predicted molar refractivity (Wildman–Crippen MR) is 135 cm³/mol. The van der Waals surface area contributed by atoms with Crippen LogP contribution in [-0.4, -0.2) is 43.8 Å². The SMILES string of the molecule is Cc1nc(-c2ccc(N3CCS(=O)(=O)CC3)cc2)c([C@@H]2CCCC[C@H]2C(=O)CC2(C#N)CC2)s1. The van der Waals surface area contributed by atoms with Crippen molar-refractivity contribution in [3.05, 3.63) is 34.2 Å². The number of aryl methyl sites for hydroxylation is 1. The Bertz CT molecular complexity index is 1210. The van der Waals surface area contributed by atoms with Crippen LogP contribution in [0.1, 0.15) is 60.7 Å². The molecule has 1 aliphatic heterocycles. The number of Topliss-reactive ketones (excluding diaryl/α,β-unsaturated/α-hetero) is 1. The van der Waals surface area contributed by atoms with E-state index in [1.54, 1.807) is 11.3 Å². The monoisotopic (exact) mass is 497 g/mol. The van der Waals surface area contributed by atoms with Gasteiger partial charge in [0.25, 0.3) is 0 Å². The fourth-order valence-corrected chi connectivity index (χ4v) is 7.83. The highest BCUT2D eigenvalue weighted by atomic mass is 32.2. The molecule has 2 saturated carbocycles. The van der Waals surface area contributed by atoms with Crippen LogP contribution in [-0.2, 0) is 14.6 Å². The molecule has 6 nitrogen and oxygen atoms in total. The van der Waals surface area contributed by atoms with Crippen LogP contribution < -0.4 is 4.90 Å². The van der Waals surface area contributed by atoms with Crippen molar-refractivity contribution >= 4 is 32.6 Å². The molecule has 3 aliphatic rings. The molecule has 1 saturated heterocycles. The summed E-state index contributed by atoms with van der Waals surface area (Å²) in [5.41, 5.74) is 2.65. The summed E-state index contributed by atoms with van der Waals surface area (Å²) in [6.07, 6.45) is 6.19. The molecule has 1 aromatic heterocycles. The number of carbonyl (C=O) groups is 1. The number of hydrogen-bond donors (Lipinski definition) is 0. The van der Waals surface area contributed by atoms with Gasteiger partial charge in [-0.2, -0.15) is 5.26 Å². The maximum atomic E-state index is 13.3. The van der Waals surface area contributed by atoms with Gasteiger partial charge in [0.05, 0.1) is 33.7 Å². The van der Waals surface area contributed by atoms with Gasteiger partial charge in [0.1, 0.15) is 5.78 Å². The van der Waals surface area contributed by atoms with E-state index in [4.69, 9.17) is 4.98 Å². The first-order valence-electron chi connectivity index (χ1n) is 12.3. The lowest BCUT2D eigenvalue weighted by Crippen LogP contribution is -2.40. The molecular formula is C26H31N3O3S2. The zero-order valence-corrected chi connectivity index (χ0v) is 21.3. The van der Waals surface area contributed by atoms with Crippen LogP contribution in [0.2, 0.25) is 0 Å². The lowest BCUT2D eigenvalue weighted by molar-refractivity contribution is -0.125. The molecule has 180 valence electrons. The molecule has 34 heavy (non-hydrogen) atoms. The number of thiazole rings is 1. The van der Waals surface area contributed by atoms with E-state index >= 15 is 0 Å². The zero-order valence-electron chi connectivity index (χ0n) is 19.6. The van der Waals surface area contributed by atoms with Gasteiger partial charge in [0, 0.05) is 47.5 Å². The Labute approximate surface area is 205 Å². The number of hydrogen-bond acceptors (Lipinski definition) is 7. The summed E-state index contributed by atoms with van der Waals surface area (Å²) >= 11 is 1.70. The van der Waals surface area contributed by atoms with Crippen LogP contribution in [0.15, 0.2) is 24.3 Å². The molecule has 2 heterocycles. The molecule has 0 unspecified atom stereocenters. The standard InChI is InChI=1S/C26H31N3O3S2/c1-18-28-24(19-6-8-20(9-7-19)29-12-14-34(31,32)15-13-29)25(33-18)22-5-3-2-4-21(22)23(30)16-26(17-27)10-11-26/h6-9,21-22H,2-5,10-16H2,1H3/t21-,22-/m1/s1. The van der Waals surface area contributed by atoms with Gasteiger partial charge in [0.2, 0.25) is 0 Å². The third kappa shape index (κ3) is 4.78. The maximum absolute atomic E-state index is 13.3. The van der Waals surface area contributed by atoms with E-state index in [9.17, 15) is 18.5 Å². The largest absolute Gasteiger partial charge is 0.369 e. The highest BCUT2D eigenvalue weighted by Crippen LogP contribution is 2.51. The second-order valence-electron chi connectivity index (χ2n) is 10.2. The predicted octanol–water partition coefficient (Wildman–Crippen LogP) is 4.89. The average Bonchev–Trinajstić information content (AvgIpc) is 3.50. The number of ketones is 1. The highest BCUT2D eigenvalue weighted by Gasteiger charge is 2.47. The number of nitrogens with zero attached hydrogens (tertiary/aromatic N) is 3. The molecule has 5 rings (SSSR count). The van der Waals surface area contributed by atoms with E-state index in [1.165, 1.54) is 4.88 Å². The van der Waals surface area contributed by atoms with Gasteiger partial charge in [-0.05, 0) is 44.7 Å². The Morgan fingerprint density at radius 1 is 1.18 bits per heavy atom. The van der Waals surface area contributed by atoms with Crippen LogP contribution in [0.4, 0.5) is 5.69 Å². The van der Waals surface area contributed by atoms with Crippen molar-refractivity contribution in [3.8, 4) is 17.3 Å². The van der Waals surface area contributed by atoms with Crippen LogP contribution in [0.25, 0.3) is 11.3 Å². The second-order valence-corrected chi connectivity index (χ2v) is 13.7. The fraction of sp³-hybridized carbons (Fsp3) is 0.577. The normalized spacial score (nSPS) is 25.5. The number of benzene rings is 1. The van der Waals surface area contributed by atoms with Crippen LogP contribution >= 0.6 is 11.3 Å². The van der Waals surface area contributed by atoms with Gasteiger partial charge in [-0.15, -0.1) is 11.3 Å². The third-order valence-electron chi connectivity index (χ3n) is 7.73. The van der Waals surface area contributed by atoms with Gasteiger partial charge in [-0.3, -0.25) is 4.79 Å². The van der Waals surface area contributed by atoms with Crippen molar-refractivity contribution < 1.29 is 13.2 Å². The van der Waals surface area contributed by atoms with E-state index in [0.29, 0.717) is 19.5 Å². The molecular weight excluding hydrogens is 466 g/mol.